The summed E-state index contributed by atoms with van der Waals surface area (Å²) in [5.74, 6) is 0.423. The van der Waals surface area contributed by atoms with Crippen LogP contribution in [0.4, 0.5) is 5.69 Å². The molecule has 3 rings (SSSR count). The highest BCUT2D eigenvalue weighted by Crippen LogP contribution is 2.32. The van der Waals surface area contributed by atoms with Crippen LogP contribution in [0.5, 0.6) is 11.5 Å². The van der Waals surface area contributed by atoms with E-state index in [1.165, 1.54) is 6.92 Å². The SMILES string of the molecule is Cc1noc(C)c1C(=O)O[C@@H](C)C(=O)Nc1ccc2c(c1)OCCO2. The lowest BCUT2D eigenvalue weighted by molar-refractivity contribution is -0.123. The van der Waals surface area contributed by atoms with Crippen molar-refractivity contribution < 1.29 is 28.3 Å². The highest BCUT2D eigenvalue weighted by Gasteiger charge is 2.24. The van der Waals surface area contributed by atoms with Crippen molar-refractivity contribution in [1.82, 2.24) is 5.16 Å². The van der Waals surface area contributed by atoms with Crippen LogP contribution in [-0.4, -0.2) is 36.4 Å². The number of carbonyl (C=O) groups excluding carboxylic acids is 2. The molecule has 1 aliphatic heterocycles. The van der Waals surface area contributed by atoms with Crippen molar-refractivity contribution in [3.63, 3.8) is 0 Å². The molecule has 1 N–H and O–H groups in total. The van der Waals surface area contributed by atoms with Crippen LogP contribution in [0.3, 0.4) is 0 Å². The number of nitrogens with one attached hydrogen (secondary N) is 1. The molecule has 1 aliphatic rings. The summed E-state index contributed by atoms with van der Waals surface area (Å²) >= 11 is 0. The highest BCUT2D eigenvalue weighted by atomic mass is 16.6. The van der Waals surface area contributed by atoms with Gasteiger partial charge in [-0.2, -0.15) is 0 Å². The normalized spacial score (nSPS) is 13.9. The summed E-state index contributed by atoms with van der Waals surface area (Å²) in [5, 5.41) is 6.38. The van der Waals surface area contributed by atoms with Crippen molar-refractivity contribution in [3.8, 4) is 11.5 Å². The maximum absolute atomic E-state index is 12.3. The number of amides is 1. The fourth-order valence-electron chi connectivity index (χ4n) is 2.41. The maximum atomic E-state index is 12.3. The molecule has 1 amide bonds. The highest BCUT2D eigenvalue weighted by molar-refractivity contribution is 5.98. The van der Waals surface area contributed by atoms with E-state index in [9.17, 15) is 9.59 Å². The third kappa shape index (κ3) is 3.57. The predicted octanol–water partition coefficient (Wildman–Crippen LogP) is 2.25. The summed E-state index contributed by atoms with van der Waals surface area (Å²) < 4.78 is 21.0. The summed E-state index contributed by atoms with van der Waals surface area (Å²) in [4.78, 5) is 24.4. The molecular weight excluding hydrogens is 328 g/mol. The number of hydrogen-bond donors (Lipinski definition) is 1. The van der Waals surface area contributed by atoms with Crippen LogP contribution in [0.2, 0.25) is 0 Å². The number of carbonyl (C=O) groups is 2. The van der Waals surface area contributed by atoms with Crippen molar-refractivity contribution >= 4 is 17.6 Å². The monoisotopic (exact) mass is 346 g/mol. The number of aromatic nitrogens is 1. The zero-order valence-corrected chi connectivity index (χ0v) is 14.1. The van der Waals surface area contributed by atoms with Gasteiger partial charge >= 0.3 is 5.97 Å². The molecule has 8 nitrogen and oxygen atoms in total. The zero-order chi connectivity index (χ0) is 18.0. The molecule has 2 heterocycles. The number of fused-ring (bicyclic) bond motifs is 1. The summed E-state index contributed by atoms with van der Waals surface area (Å²) in [6.07, 6.45) is -0.991. The van der Waals surface area contributed by atoms with Crippen molar-refractivity contribution in [2.24, 2.45) is 0 Å². The van der Waals surface area contributed by atoms with Crippen LogP contribution >= 0.6 is 0 Å². The van der Waals surface area contributed by atoms with Crippen LogP contribution in [0, 0.1) is 13.8 Å². The van der Waals surface area contributed by atoms with Gasteiger partial charge in [0.1, 0.15) is 24.5 Å². The fraction of sp³-hybridized carbons (Fsp3) is 0.353. The standard InChI is InChI=1S/C17H18N2O6/c1-9-15(10(2)25-19-9)17(21)24-11(3)16(20)18-12-4-5-13-14(8-12)23-7-6-22-13/h4-5,8,11H,6-7H2,1-3H3,(H,18,20)/t11-/m0/s1. The Hall–Kier alpha value is -3.03. The van der Waals surface area contributed by atoms with Crippen LogP contribution < -0.4 is 14.8 Å². The Morgan fingerprint density at radius 2 is 1.92 bits per heavy atom. The Balaban J connectivity index is 1.64. The summed E-state index contributed by atoms with van der Waals surface area (Å²) in [7, 11) is 0. The molecule has 0 saturated heterocycles. The van der Waals surface area contributed by atoms with Crippen molar-refractivity contribution in [3.05, 3.63) is 35.2 Å². The molecule has 132 valence electrons. The van der Waals surface area contributed by atoms with Crippen LogP contribution in [-0.2, 0) is 9.53 Å². The predicted molar refractivity (Wildman–Crippen MR) is 86.9 cm³/mol. The largest absolute Gasteiger partial charge is 0.486 e. The average molecular weight is 346 g/mol. The smallest absolute Gasteiger partial charge is 0.344 e. The fourth-order valence-corrected chi connectivity index (χ4v) is 2.41. The van der Waals surface area contributed by atoms with Crippen molar-refractivity contribution in [1.29, 1.82) is 0 Å². The molecule has 0 saturated carbocycles. The number of rotatable bonds is 4. The van der Waals surface area contributed by atoms with Gasteiger partial charge in [-0.3, -0.25) is 4.79 Å². The van der Waals surface area contributed by atoms with Gasteiger partial charge in [0, 0.05) is 11.8 Å². The molecule has 1 aromatic heterocycles. The number of ether oxygens (including phenoxy) is 3. The van der Waals surface area contributed by atoms with Gasteiger partial charge in [-0.25, -0.2) is 4.79 Å². The number of hydrogen-bond acceptors (Lipinski definition) is 7. The first-order valence-electron chi connectivity index (χ1n) is 7.80. The molecule has 0 spiro atoms. The second kappa shape index (κ2) is 6.84. The number of anilines is 1. The zero-order valence-electron chi connectivity index (χ0n) is 14.1. The molecule has 8 heteroatoms. The number of aryl methyl sites for hydroxylation is 2. The Morgan fingerprint density at radius 3 is 2.60 bits per heavy atom. The van der Waals surface area contributed by atoms with E-state index in [-0.39, 0.29) is 5.56 Å². The quantitative estimate of drug-likeness (QED) is 0.847. The molecule has 1 aromatic carbocycles. The maximum Gasteiger partial charge on any atom is 0.344 e. The first-order chi connectivity index (χ1) is 12.0. The lowest BCUT2D eigenvalue weighted by atomic mass is 10.2. The van der Waals surface area contributed by atoms with E-state index < -0.39 is 18.0 Å². The summed E-state index contributed by atoms with van der Waals surface area (Å²) in [6, 6.07) is 5.06. The van der Waals surface area contributed by atoms with E-state index in [0.717, 1.165) is 0 Å². The van der Waals surface area contributed by atoms with Gasteiger partial charge in [0.15, 0.2) is 17.6 Å². The van der Waals surface area contributed by atoms with E-state index in [4.69, 9.17) is 18.7 Å². The minimum Gasteiger partial charge on any atom is -0.486 e. The molecule has 0 unspecified atom stereocenters. The minimum absolute atomic E-state index is 0.235. The van der Waals surface area contributed by atoms with E-state index in [1.807, 2.05) is 0 Å². The van der Waals surface area contributed by atoms with Gasteiger partial charge in [-0.1, -0.05) is 5.16 Å². The second-order valence-corrected chi connectivity index (χ2v) is 5.59. The van der Waals surface area contributed by atoms with E-state index in [1.54, 1.807) is 32.0 Å². The Morgan fingerprint density at radius 1 is 1.20 bits per heavy atom. The third-order valence-corrected chi connectivity index (χ3v) is 3.70. The summed E-state index contributed by atoms with van der Waals surface area (Å²) in [6.45, 7) is 5.68. The van der Waals surface area contributed by atoms with Crippen LogP contribution in [0.1, 0.15) is 28.7 Å². The lowest BCUT2D eigenvalue weighted by Crippen LogP contribution is -2.30. The van der Waals surface area contributed by atoms with Gasteiger partial charge in [-0.15, -0.1) is 0 Å². The van der Waals surface area contributed by atoms with Crippen molar-refractivity contribution in [2.45, 2.75) is 26.9 Å². The van der Waals surface area contributed by atoms with Gasteiger partial charge in [0.05, 0.1) is 5.69 Å². The first kappa shape index (κ1) is 16.8. The van der Waals surface area contributed by atoms with Gasteiger partial charge in [-0.05, 0) is 32.9 Å². The minimum atomic E-state index is -0.991. The van der Waals surface area contributed by atoms with Gasteiger partial charge in [0.2, 0.25) is 0 Å². The Labute approximate surface area is 144 Å². The van der Waals surface area contributed by atoms with Crippen LogP contribution in [0.15, 0.2) is 22.7 Å². The van der Waals surface area contributed by atoms with E-state index >= 15 is 0 Å². The number of benzene rings is 1. The molecule has 0 bridgehead atoms. The van der Waals surface area contributed by atoms with Gasteiger partial charge < -0.3 is 24.1 Å². The molecular formula is C17H18N2O6. The third-order valence-electron chi connectivity index (χ3n) is 3.70. The molecule has 0 radical (unpaired) electrons. The lowest BCUT2D eigenvalue weighted by Gasteiger charge is -2.19. The van der Waals surface area contributed by atoms with E-state index in [0.29, 0.717) is 41.9 Å². The topological polar surface area (TPSA) is 99.9 Å². The molecule has 0 fully saturated rings. The van der Waals surface area contributed by atoms with Crippen LogP contribution in [0.25, 0.3) is 0 Å². The van der Waals surface area contributed by atoms with Gasteiger partial charge in [0.25, 0.3) is 5.91 Å². The molecule has 1 atom stereocenters. The number of esters is 1. The Kier molecular flexibility index (Phi) is 4.60. The van der Waals surface area contributed by atoms with E-state index in [2.05, 4.69) is 10.5 Å². The second-order valence-electron chi connectivity index (χ2n) is 5.59. The molecule has 25 heavy (non-hydrogen) atoms. The molecule has 0 aliphatic carbocycles. The number of nitrogens with zero attached hydrogens (tertiary/aromatic N) is 1. The first-order valence-corrected chi connectivity index (χ1v) is 7.80. The Bertz CT molecular complexity index is 794. The van der Waals surface area contributed by atoms with Crippen molar-refractivity contribution in [2.75, 3.05) is 18.5 Å². The molecule has 2 aromatic rings. The average Bonchev–Trinajstić information content (AvgIpc) is 2.93. The summed E-state index contributed by atoms with van der Waals surface area (Å²) in [5.41, 5.74) is 1.18.